The van der Waals surface area contributed by atoms with Gasteiger partial charge in [-0.15, -0.1) is 11.8 Å². The van der Waals surface area contributed by atoms with E-state index in [0.717, 1.165) is 16.0 Å². The number of alkyl carbamates (subject to hydrolysis) is 1. The molecule has 0 aliphatic carbocycles. The quantitative estimate of drug-likeness (QED) is 0.614. The number of aliphatic hydroxyl groups excluding tert-OH is 1. The van der Waals surface area contributed by atoms with Crippen LogP contribution in [0.15, 0.2) is 59.5 Å². The molecule has 2 aromatic rings. The van der Waals surface area contributed by atoms with E-state index in [1.54, 1.807) is 11.8 Å². The predicted octanol–water partition coefficient (Wildman–Crippen LogP) is 2.69. The Balaban J connectivity index is 1.99. The molecule has 2 atom stereocenters. The summed E-state index contributed by atoms with van der Waals surface area (Å²) in [5, 5.41) is 21.4. The fourth-order valence-corrected chi connectivity index (χ4v) is 2.75. The zero-order chi connectivity index (χ0) is 18.9. The summed E-state index contributed by atoms with van der Waals surface area (Å²) in [6, 6.07) is 15.6. The smallest absolute Gasteiger partial charge is 0.407 e. The van der Waals surface area contributed by atoms with Crippen molar-refractivity contribution in [2.24, 2.45) is 0 Å². The number of nitrogens with one attached hydrogen (secondary N) is 1. The van der Waals surface area contributed by atoms with E-state index in [4.69, 9.17) is 9.84 Å². The maximum atomic E-state index is 12.0. The number of hydrogen-bond donors (Lipinski definition) is 3. The van der Waals surface area contributed by atoms with Crippen molar-refractivity contribution in [2.75, 3.05) is 6.26 Å². The van der Waals surface area contributed by atoms with Gasteiger partial charge in [0.15, 0.2) is 6.10 Å². The van der Waals surface area contributed by atoms with Crippen LogP contribution in [0.4, 0.5) is 4.79 Å². The number of carbonyl (C=O) groups excluding carboxylic acids is 1. The lowest BCUT2D eigenvalue weighted by Crippen LogP contribution is -2.48. The summed E-state index contributed by atoms with van der Waals surface area (Å²) in [5.41, 5.74) is 1.61. The Morgan fingerprint density at radius 2 is 1.73 bits per heavy atom. The van der Waals surface area contributed by atoms with Crippen LogP contribution in [0.5, 0.6) is 0 Å². The summed E-state index contributed by atoms with van der Waals surface area (Å²) in [7, 11) is 0. The molecule has 0 unspecified atom stereocenters. The lowest BCUT2D eigenvalue weighted by Gasteiger charge is -2.21. The summed E-state index contributed by atoms with van der Waals surface area (Å²) in [6.07, 6.45) is -0.391. The van der Waals surface area contributed by atoms with E-state index < -0.39 is 24.2 Å². The molecule has 6 nitrogen and oxygen atoms in total. The minimum atomic E-state index is -1.74. The summed E-state index contributed by atoms with van der Waals surface area (Å²) in [4.78, 5) is 24.2. The van der Waals surface area contributed by atoms with E-state index in [0.29, 0.717) is 0 Å². The molecule has 138 valence electrons. The number of carboxylic acids is 1. The molecule has 0 aliphatic heterocycles. The highest BCUT2D eigenvalue weighted by Crippen LogP contribution is 2.16. The number of carbonyl (C=O) groups is 2. The van der Waals surface area contributed by atoms with Crippen molar-refractivity contribution in [2.45, 2.75) is 30.1 Å². The summed E-state index contributed by atoms with van der Waals surface area (Å²) < 4.78 is 5.11. The molecule has 26 heavy (non-hydrogen) atoms. The van der Waals surface area contributed by atoms with Crippen LogP contribution in [0, 0.1) is 0 Å². The minimum absolute atomic E-state index is 0.0605. The van der Waals surface area contributed by atoms with Crippen LogP contribution in [-0.4, -0.2) is 40.7 Å². The number of hydrogen-bond acceptors (Lipinski definition) is 5. The molecule has 0 fully saturated rings. The molecule has 1 amide bonds. The number of rotatable bonds is 8. The zero-order valence-electron chi connectivity index (χ0n) is 14.3. The zero-order valence-corrected chi connectivity index (χ0v) is 15.1. The summed E-state index contributed by atoms with van der Waals surface area (Å²) >= 11 is 1.59. The highest BCUT2D eigenvalue weighted by atomic mass is 32.2. The maximum absolute atomic E-state index is 12.0. The maximum Gasteiger partial charge on any atom is 0.407 e. The van der Waals surface area contributed by atoms with Crippen molar-refractivity contribution >= 4 is 23.8 Å². The standard InChI is InChI=1S/C19H21NO5S/c1-26-15-9-7-13(8-10-15)11-16(17(21)18(22)23)20-19(24)25-12-14-5-3-2-4-6-14/h2-10,16-17,21H,11-12H2,1H3,(H,20,24)(H,22,23)/t16-,17+/m1/s1. The van der Waals surface area contributed by atoms with Crippen molar-refractivity contribution in [1.29, 1.82) is 0 Å². The monoisotopic (exact) mass is 375 g/mol. The summed E-state index contributed by atoms with van der Waals surface area (Å²) in [5.74, 6) is -1.40. The van der Waals surface area contributed by atoms with Crippen LogP contribution >= 0.6 is 11.8 Å². The SMILES string of the molecule is CSc1ccc(C[C@@H](NC(=O)OCc2ccccc2)[C@H](O)C(=O)O)cc1. The molecule has 0 saturated heterocycles. The van der Waals surface area contributed by atoms with E-state index in [1.807, 2.05) is 60.9 Å². The Kier molecular flexibility index (Phi) is 7.50. The molecule has 0 spiro atoms. The van der Waals surface area contributed by atoms with E-state index in [2.05, 4.69) is 5.32 Å². The normalized spacial score (nSPS) is 12.8. The highest BCUT2D eigenvalue weighted by Gasteiger charge is 2.28. The Hall–Kier alpha value is -2.51. The first kappa shape index (κ1) is 19.8. The van der Waals surface area contributed by atoms with Crippen molar-refractivity contribution in [3.05, 3.63) is 65.7 Å². The topological polar surface area (TPSA) is 95.9 Å². The molecule has 7 heteroatoms. The second-order valence-corrected chi connectivity index (χ2v) is 6.53. The first-order valence-electron chi connectivity index (χ1n) is 8.00. The molecule has 0 heterocycles. The highest BCUT2D eigenvalue weighted by molar-refractivity contribution is 7.98. The number of thioether (sulfide) groups is 1. The summed E-state index contributed by atoms with van der Waals surface area (Å²) in [6.45, 7) is 0.0605. The molecule has 0 aromatic heterocycles. The van der Waals surface area contributed by atoms with Gasteiger partial charge in [0.25, 0.3) is 0 Å². The van der Waals surface area contributed by atoms with Crippen molar-refractivity contribution in [1.82, 2.24) is 5.32 Å². The van der Waals surface area contributed by atoms with Gasteiger partial charge in [-0.25, -0.2) is 9.59 Å². The lowest BCUT2D eigenvalue weighted by molar-refractivity contribution is -0.148. The Morgan fingerprint density at radius 1 is 1.08 bits per heavy atom. The second-order valence-electron chi connectivity index (χ2n) is 5.65. The van der Waals surface area contributed by atoms with Gasteiger partial charge in [-0.2, -0.15) is 0 Å². The predicted molar refractivity (Wildman–Crippen MR) is 99.1 cm³/mol. The third-order valence-electron chi connectivity index (χ3n) is 3.76. The second kappa shape index (κ2) is 9.84. The van der Waals surface area contributed by atoms with Gasteiger partial charge in [0.2, 0.25) is 0 Å². The molecule has 2 rings (SSSR count). The lowest BCUT2D eigenvalue weighted by atomic mass is 10.0. The third-order valence-corrected chi connectivity index (χ3v) is 4.51. The van der Waals surface area contributed by atoms with Gasteiger partial charge >= 0.3 is 12.1 Å². The van der Waals surface area contributed by atoms with Gasteiger partial charge in [-0.05, 0) is 35.9 Å². The van der Waals surface area contributed by atoms with E-state index in [1.165, 1.54) is 0 Å². The number of ether oxygens (including phenoxy) is 1. The molecule has 3 N–H and O–H groups in total. The van der Waals surface area contributed by atoms with Gasteiger partial charge < -0.3 is 20.3 Å². The number of aliphatic hydroxyl groups is 1. The Labute approximate surface area is 156 Å². The number of benzene rings is 2. The first-order chi connectivity index (χ1) is 12.5. The Bertz CT molecular complexity index is 720. The van der Waals surface area contributed by atoms with Gasteiger partial charge in [-0.3, -0.25) is 0 Å². The first-order valence-corrected chi connectivity index (χ1v) is 9.23. The molecular formula is C19H21NO5S. The largest absolute Gasteiger partial charge is 0.479 e. The molecule has 0 saturated carbocycles. The fourth-order valence-electron chi connectivity index (χ4n) is 2.35. The fraction of sp³-hybridized carbons (Fsp3) is 0.263. The van der Waals surface area contributed by atoms with Crippen LogP contribution in [0.2, 0.25) is 0 Å². The van der Waals surface area contributed by atoms with Gasteiger partial charge in [0.1, 0.15) is 6.61 Å². The van der Waals surface area contributed by atoms with E-state index in [-0.39, 0.29) is 13.0 Å². The number of aliphatic carboxylic acids is 1. The molecule has 2 aromatic carbocycles. The molecule has 0 aliphatic rings. The van der Waals surface area contributed by atoms with Gasteiger partial charge in [-0.1, -0.05) is 42.5 Å². The van der Waals surface area contributed by atoms with Crippen molar-refractivity contribution in [3.8, 4) is 0 Å². The van der Waals surface area contributed by atoms with Crippen LogP contribution in [0.3, 0.4) is 0 Å². The minimum Gasteiger partial charge on any atom is -0.479 e. The third kappa shape index (κ3) is 6.09. The number of carboxylic acid groups (broad SMARTS) is 1. The van der Waals surface area contributed by atoms with Crippen molar-refractivity contribution < 1.29 is 24.5 Å². The number of amides is 1. The Morgan fingerprint density at radius 3 is 2.31 bits per heavy atom. The van der Waals surface area contributed by atoms with Crippen molar-refractivity contribution in [3.63, 3.8) is 0 Å². The molecular weight excluding hydrogens is 354 g/mol. The van der Waals surface area contributed by atoms with E-state index >= 15 is 0 Å². The van der Waals surface area contributed by atoms with Crippen LogP contribution in [0.1, 0.15) is 11.1 Å². The van der Waals surface area contributed by atoms with Crippen LogP contribution < -0.4 is 5.32 Å². The average Bonchev–Trinajstić information content (AvgIpc) is 2.66. The van der Waals surface area contributed by atoms with Crippen LogP contribution in [-0.2, 0) is 22.6 Å². The average molecular weight is 375 g/mol. The molecule has 0 bridgehead atoms. The molecule has 0 radical (unpaired) electrons. The van der Waals surface area contributed by atoms with Crippen LogP contribution in [0.25, 0.3) is 0 Å². The van der Waals surface area contributed by atoms with Gasteiger partial charge in [0, 0.05) is 4.90 Å². The van der Waals surface area contributed by atoms with Gasteiger partial charge in [0.05, 0.1) is 6.04 Å². The van der Waals surface area contributed by atoms with E-state index in [9.17, 15) is 14.7 Å².